The molecule has 6 aromatic rings. The third-order valence-electron chi connectivity index (χ3n) is 7.66. The first kappa shape index (κ1) is 22.4. The molecule has 0 unspecified atom stereocenters. The Kier molecular flexibility index (Phi) is 5.48. The van der Waals surface area contributed by atoms with Crippen LogP contribution in [0.25, 0.3) is 44.6 Å². The minimum Gasteiger partial charge on any atom is -0.256 e. The molecule has 38 heavy (non-hydrogen) atoms. The van der Waals surface area contributed by atoms with Crippen LogP contribution in [0.5, 0.6) is 0 Å². The minimum atomic E-state index is 0.181. The van der Waals surface area contributed by atoms with E-state index in [2.05, 4.69) is 140 Å². The molecule has 0 radical (unpaired) electrons. The smallest absolute Gasteiger partial charge is 0.0702 e. The second kappa shape index (κ2) is 9.28. The van der Waals surface area contributed by atoms with E-state index >= 15 is 0 Å². The van der Waals surface area contributed by atoms with Crippen molar-refractivity contribution in [1.29, 1.82) is 0 Å². The summed E-state index contributed by atoms with van der Waals surface area (Å²) in [6, 6.07) is 48.5. The molecular weight excluding hydrogens is 458 g/mol. The zero-order chi connectivity index (χ0) is 25.5. The normalized spacial score (nSPS) is 12.2. The lowest BCUT2D eigenvalue weighted by Crippen LogP contribution is -2.00. The van der Waals surface area contributed by atoms with Crippen LogP contribution in [0.3, 0.4) is 0 Å². The van der Waals surface area contributed by atoms with Gasteiger partial charge >= 0.3 is 0 Å². The summed E-state index contributed by atoms with van der Waals surface area (Å²) in [4.78, 5) is 4.70. The molecule has 0 aliphatic heterocycles. The van der Waals surface area contributed by atoms with Gasteiger partial charge in [-0.05, 0) is 86.8 Å². The highest BCUT2D eigenvalue weighted by atomic mass is 14.7. The average Bonchev–Trinajstić information content (AvgIpc) is 3.31. The first-order chi connectivity index (χ1) is 18.7. The summed E-state index contributed by atoms with van der Waals surface area (Å²) < 4.78 is 0. The van der Waals surface area contributed by atoms with E-state index < -0.39 is 0 Å². The topological polar surface area (TPSA) is 12.9 Å². The van der Waals surface area contributed by atoms with Crippen LogP contribution in [0.2, 0.25) is 0 Å². The lowest BCUT2D eigenvalue weighted by atomic mass is 9.87. The maximum Gasteiger partial charge on any atom is 0.0702 e. The van der Waals surface area contributed by atoms with Crippen molar-refractivity contribution >= 4 is 0 Å². The molecule has 0 amide bonds. The van der Waals surface area contributed by atoms with Gasteiger partial charge in [-0.2, -0.15) is 0 Å². The van der Waals surface area contributed by atoms with Crippen molar-refractivity contribution in [3.63, 3.8) is 0 Å². The predicted octanol–water partition coefficient (Wildman–Crippen LogP) is 9.55. The van der Waals surface area contributed by atoms with E-state index in [0.29, 0.717) is 0 Å². The highest BCUT2D eigenvalue weighted by molar-refractivity contribution is 5.87. The number of pyridine rings is 1. The van der Waals surface area contributed by atoms with Crippen LogP contribution in [0, 0.1) is 6.92 Å². The summed E-state index contributed by atoms with van der Waals surface area (Å²) >= 11 is 0. The van der Waals surface area contributed by atoms with Gasteiger partial charge in [0.25, 0.3) is 0 Å². The zero-order valence-electron chi connectivity index (χ0n) is 21.3. The van der Waals surface area contributed by atoms with Crippen molar-refractivity contribution < 1.29 is 0 Å². The molecular formula is C37H27N. The van der Waals surface area contributed by atoms with Crippen molar-refractivity contribution in [2.75, 3.05) is 0 Å². The fourth-order valence-corrected chi connectivity index (χ4v) is 5.75. The lowest BCUT2D eigenvalue weighted by Gasteiger charge is -2.16. The molecule has 0 saturated carbocycles. The van der Waals surface area contributed by atoms with Gasteiger partial charge in [0.05, 0.1) is 5.69 Å². The van der Waals surface area contributed by atoms with Gasteiger partial charge in [-0.3, -0.25) is 4.98 Å². The second-order valence-corrected chi connectivity index (χ2v) is 10.1. The van der Waals surface area contributed by atoms with E-state index in [9.17, 15) is 0 Å². The van der Waals surface area contributed by atoms with Crippen molar-refractivity contribution in [1.82, 2.24) is 4.98 Å². The van der Waals surface area contributed by atoms with Crippen LogP contribution < -0.4 is 0 Å². The Hall–Kier alpha value is -4.75. The quantitative estimate of drug-likeness (QED) is 0.242. The fraction of sp³-hybridized carbons (Fsp3) is 0.0541. The SMILES string of the molecule is Cc1ccc(-c2cccc(C3c4ccc(-c5ccccc5)cc4-c4cc(-c5ccccc5)ccc43)c2)nc1. The monoisotopic (exact) mass is 485 g/mol. The lowest BCUT2D eigenvalue weighted by molar-refractivity contribution is 1.02. The van der Waals surface area contributed by atoms with Crippen molar-refractivity contribution in [2.45, 2.75) is 12.8 Å². The van der Waals surface area contributed by atoms with E-state index in [1.54, 1.807) is 0 Å². The molecule has 1 heterocycles. The summed E-state index contributed by atoms with van der Waals surface area (Å²) in [5, 5.41) is 0. The van der Waals surface area contributed by atoms with Crippen molar-refractivity contribution in [3.05, 3.63) is 162 Å². The molecule has 0 bridgehead atoms. The molecule has 0 saturated heterocycles. The van der Waals surface area contributed by atoms with Gasteiger partial charge in [0.15, 0.2) is 0 Å². The molecule has 180 valence electrons. The number of benzene rings is 5. The first-order valence-electron chi connectivity index (χ1n) is 13.2. The molecule has 1 aliphatic carbocycles. The van der Waals surface area contributed by atoms with E-state index in [1.807, 2.05) is 6.20 Å². The molecule has 0 spiro atoms. The van der Waals surface area contributed by atoms with Gasteiger partial charge < -0.3 is 0 Å². The maximum absolute atomic E-state index is 4.70. The largest absolute Gasteiger partial charge is 0.256 e. The number of hydrogen-bond donors (Lipinski definition) is 0. The molecule has 1 nitrogen and oxygen atoms in total. The standard InChI is InChI=1S/C37H27N/c1-25-15-20-36(38-24-25)30-13-8-14-31(21-30)37-32-18-16-28(26-9-4-2-5-10-26)22-34(32)35-23-29(17-19-33(35)37)27-11-6-3-7-12-27/h2-24,37H,1H3. The van der Waals surface area contributed by atoms with Gasteiger partial charge in [-0.25, -0.2) is 0 Å². The van der Waals surface area contributed by atoms with Gasteiger partial charge in [0.1, 0.15) is 0 Å². The summed E-state index contributed by atoms with van der Waals surface area (Å²) in [5.41, 5.74) is 15.0. The Morgan fingerprint density at radius 3 is 1.61 bits per heavy atom. The number of nitrogens with zero attached hydrogens (tertiary/aromatic N) is 1. The Morgan fingerprint density at radius 2 is 1.05 bits per heavy atom. The van der Waals surface area contributed by atoms with Gasteiger partial charge in [-0.15, -0.1) is 0 Å². The number of hydrogen-bond acceptors (Lipinski definition) is 1. The molecule has 1 heteroatoms. The highest BCUT2D eigenvalue weighted by Gasteiger charge is 2.31. The second-order valence-electron chi connectivity index (χ2n) is 10.1. The number of aromatic nitrogens is 1. The third kappa shape index (κ3) is 3.93. The van der Waals surface area contributed by atoms with Gasteiger partial charge in [0, 0.05) is 17.7 Å². The van der Waals surface area contributed by atoms with Crippen LogP contribution >= 0.6 is 0 Å². The molecule has 1 aliphatic rings. The van der Waals surface area contributed by atoms with E-state index in [-0.39, 0.29) is 5.92 Å². The molecule has 7 rings (SSSR count). The first-order valence-corrected chi connectivity index (χ1v) is 13.2. The molecule has 0 N–H and O–H groups in total. The highest BCUT2D eigenvalue weighted by Crippen LogP contribution is 2.50. The molecule has 0 atom stereocenters. The molecule has 5 aromatic carbocycles. The van der Waals surface area contributed by atoms with Crippen LogP contribution in [-0.2, 0) is 0 Å². The van der Waals surface area contributed by atoms with E-state index in [0.717, 1.165) is 11.3 Å². The third-order valence-corrected chi connectivity index (χ3v) is 7.66. The molecule has 1 aromatic heterocycles. The summed E-state index contributed by atoms with van der Waals surface area (Å²) in [6.07, 6.45) is 1.94. The number of rotatable bonds is 4. The number of aryl methyl sites for hydroxylation is 1. The van der Waals surface area contributed by atoms with Crippen LogP contribution in [-0.4, -0.2) is 4.98 Å². The van der Waals surface area contributed by atoms with Crippen molar-refractivity contribution in [2.24, 2.45) is 0 Å². The Balaban J connectivity index is 1.40. The summed E-state index contributed by atoms with van der Waals surface area (Å²) in [5.74, 6) is 0.181. The summed E-state index contributed by atoms with van der Waals surface area (Å²) in [7, 11) is 0. The maximum atomic E-state index is 4.70. The zero-order valence-corrected chi connectivity index (χ0v) is 21.3. The van der Waals surface area contributed by atoms with Crippen LogP contribution in [0.1, 0.15) is 28.2 Å². The number of fused-ring (bicyclic) bond motifs is 3. The van der Waals surface area contributed by atoms with Crippen molar-refractivity contribution in [3.8, 4) is 44.6 Å². The van der Waals surface area contributed by atoms with E-state index in [1.165, 1.54) is 55.6 Å². The molecule has 0 fully saturated rings. The van der Waals surface area contributed by atoms with Crippen LogP contribution in [0.4, 0.5) is 0 Å². The Morgan fingerprint density at radius 1 is 0.474 bits per heavy atom. The summed E-state index contributed by atoms with van der Waals surface area (Å²) in [6.45, 7) is 2.08. The minimum absolute atomic E-state index is 0.181. The Bertz CT molecular complexity index is 1660. The van der Waals surface area contributed by atoms with Gasteiger partial charge in [0.2, 0.25) is 0 Å². The fourth-order valence-electron chi connectivity index (χ4n) is 5.75. The van der Waals surface area contributed by atoms with Crippen LogP contribution in [0.15, 0.2) is 140 Å². The van der Waals surface area contributed by atoms with Gasteiger partial charge in [-0.1, -0.05) is 109 Å². The predicted molar refractivity (Wildman–Crippen MR) is 158 cm³/mol. The van der Waals surface area contributed by atoms with E-state index in [4.69, 9.17) is 4.98 Å². The average molecular weight is 486 g/mol. The Labute approximate surface area is 224 Å².